The van der Waals surface area contributed by atoms with E-state index in [1.54, 1.807) is 23.9 Å². The number of hydrogen-bond donors (Lipinski definition) is 1. The molecule has 0 aliphatic heterocycles. The maximum absolute atomic E-state index is 13.5. The molecule has 2 aromatic rings. The van der Waals surface area contributed by atoms with Gasteiger partial charge in [-0.25, -0.2) is 4.39 Å². The molecule has 0 saturated heterocycles. The summed E-state index contributed by atoms with van der Waals surface area (Å²) in [7, 11) is 1.45. The number of hydrogen-bond acceptors (Lipinski definition) is 4. The zero-order chi connectivity index (χ0) is 13.7. The number of benzene rings is 1. The summed E-state index contributed by atoms with van der Waals surface area (Å²) in [6.45, 7) is 0.528. The predicted molar refractivity (Wildman–Crippen MR) is 76.2 cm³/mol. The lowest BCUT2D eigenvalue weighted by Gasteiger charge is -2.07. The lowest BCUT2D eigenvalue weighted by molar-refractivity contribution is 0.386. The lowest BCUT2D eigenvalue weighted by Crippen LogP contribution is -1.99. The Balaban J connectivity index is 1.95. The Morgan fingerprint density at radius 3 is 2.74 bits per heavy atom. The van der Waals surface area contributed by atoms with Crippen molar-refractivity contribution in [3.8, 4) is 5.75 Å². The van der Waals surface area contributed by atoms with Gasteiger partial charge in [-0.15, -0.1) is 0 Å². The fourth-order valence-corrected chi connectivity index (χ4v) is 2.14. The van der Waals surface area contributed by atoms with Crippen LogP contribution in [0.25, 0.3) is 0 Å². The molecule has 1 heterocycles. The van der Waals surface area contributed by atoms with Crippen LogP contribution in [0.5, 0.6) is 5.75 Å². The minimum absolute atomic E-state index is 0.241. The van der Waals surface area contributed by atoms with Crippen molar-refractivity contribution in [2.45, 2.75) is 12.3 Å². The maximum Gasteiger partial charge on any atom is 0.167 e. The first kappa shape index (κ1) is 13.8. The van der Waals surface area contributed by atoms with E-state index in [1.807, 2.05) is 18.4 Å². The maximum atomic E-state index is 13.5. The second kappa shape index (κ2) is 6.52. The Morgan fingerprint density at radius 2 is 2.05 bits per heavy atom. The Kier molecular flexibility index (Phi) is 4.74. The molecule has 0 bridgehead atoms. The summed E-state index contributed by atoms with van der Waals surface area (Å²) in [6.07, 6.45) is 2.03. The van der Waals surface area contributed by atoms with Crippen molar-refractivity contribution < 1.29 is 13.5 Å². The summed E-state index contributed by atoms with van der Waals surface area (Å²) in [6, 6.07) is 8.66. The van der Waals surface area contributed by atoms with Gasteiger partial charge in [0.05, 0.1) is 19.4 Å². The normalized spacial score (nSPS) is 10.5. The molecule has 0 amide bonds. The summed E-state index contributed by atoms with van der Waals surface area (Å²) in [4.78, 5) is 0. The molecule has 0 radical (unpaired) electrons. The molecule has 3 nitrogen and oxygen atoms in total. The van der Waals surface area contributed by atoms with Crippen LogP contribution in [0.4, 0.5) is 10.1 Å². The highest BCUT2D eigenvalue weighted by Gasteiger charge is 2.05. The summed E-state index contributed by atoms with van der Waals surface area (Å²) >= 11 is 1.71. The van der Waals surface area contributed by atoms with Crippen LogP contribution in [0.3, 0.4) is 0 Å². The van der Waals surface area contributed by atoms with Gasteiger partial charge < -0.3 is 14.5 Å². The largest absolute Gasteiger partial charge is 0.494 e. The van der Waals surface area contributed by atoms with Gasteiger partial charge in [-0.2, -0.15) is 11.8 Å². The van der Waals surface area contributed by atoms with E-state index in [2.05, 4.69) is 5.32 Å². The standard InChI is InChI=1S/C14H16FNO2S/c1-17-14-6-3-10(7-13(14)15)16-8-11-4-5-12(18-11)9-19-2/h3-7,16H,8-9H2,1-2H3. The van der Waals surface area contributed by atoms with Crippen molar-refractivity contribution in [1.29, 1.82) is 0 Å². The van der Waals surface area contributed by atoms with Crippen LogP contribution in [0.2, 0.25) is 0 Å². The first-order valence-electron chi connectivity index (χ1n) is 5.87. The molecule has 0 unspecified atom stereocenters. The quantitative estimate of drug-likeness (QED) is 0.870. The molecule has 0 spiro atoms. The zero-order valence-electron chi connectivity index (χ0n) is 10.9. The Morgan fingerprint density at radius 1 is 1.26 bits per heavy atom. The number of methoxy groups -OCH3 is 1. The fraction of sp³-hybridized carbons (Fsp3) is 0.286. The molecule has 1 aromatic carbocycles. The van der Waals surface area contributed by atoms with Crippen LogP contribution in [-0.4, -0.2) is 13.4 Å². The first-order valence-corrected chi connectivity index (χ1v) is 7.26. The minimum Gasteiger partial charge on any atom is -0.494 e. The van der Waals surface area contributed by atoms with Crippen LogP contribution < -0.4 is 10.1 Å². The van der Waals surface area contributed by atoms with Gasteiger partial charge in [0.2, 0.25) is 0 Å². The number of rotatable bonds is 6. The van der Waals surface area contributed by atoms with E-state index >= 15 is 0 Å². The van der Waals surface area contributed by atoms with Crippen molar-refractivity contribution in [1.82, 2.24) is 0 Å². The second-order valence-electron chi connectivity index (χ2n) is 4.00. The third-order valence-corrected chi connectivity index (χ3v) is 3.20. The zero-order valence-corrected chi connectivity index (χ0v) is 11.7. The van der Waals surface area contributed by atoms with Gasteiger partial charge in [0.25, 0.3) is 0 Å². The van der Waals surface area contributed by atoms with Crippen molar-refractivity contribution in [3.05, 3.63) is 47.7 Å². The van der Waals surface area contributed by atoms with Crippen LogP contribution >= 0.6 is 11.8 Å². The topological polar surface area (TPSA) is 34.4 Å². The molecular formula is C14H16FNO2S. The highest BCUT2D eigenvalue weighted by Crippen LogP contribution is 2.21. The van der Waals surface area contributed by atoms with Crippen molar-refractivity contribution in [2.75, 3.05) is 18.7 Å². The van der Waals surface area contributed by atoms with Crippen LogP contribution in [-0.2, 0) is 12.3 Å². The summed E-state index contributed by atoms with van der Waals surface area (Å²) in [5.74, 6) is 2.50. The van der Waals surface area contributed by atoms with Crippen molar-refractivity contribution in [2.24, 2.45) is 0 Å². The molecule has 0 aliphatic carbocycles. The number of nitrogens with one attached hydrogen (secondary N) is 1. The summed E-state index contributed by atoms with van der Waals surface area (Å²) in [5.41, 5.74) is 0.695. The highest BCUT2D eigenvalue weighted by atomic mass is 32.2. The number of halogens is 1. The molecule has 0 fully saturated rings. The van der Waals surface area contributed by atoms with Gasteiger partial charge in [0.1, 0.15) is 11.5 Å². The van der Waals surface area contributed by atoms with E-state index in [0.717, 1.165) is 17.3 Å². The molecule has 0 saturated carbocycles. The second-order valence-corrected chi connectivity index (χ2v) is 4.87. The van der Waals surface area contributed by atoms with Crippen molar-refractivity contribution in [3.63, 3.8) is 0 Å². The molecule has 102 valence electrons. The number of anilines is 1. The third kappa shape index (κ3) is 3.67. The molecule has 19 heavy (non-hydrogen) atoms. The molecule has 1 N–H and O–H groups in total. The number of thioether (sulfide) groups is 1. The SMILES string of the molecule is COc1ccc(NCc2ccc(CSC)o2)cc1F. The van der Waals surface area contributed by atoms with E-state index in [1.165, 1.54) is 13.2 Å². The Hall–Kier alpha value is -1.62. The van der Waals surface area contributed by atoms with Gasteiger partial charge in [-0.05, 0) is 30.5 Å². The van der Waals surface area contributed by atoms with Crippen molar-refractivity contribution >= 4 is 17.4 Å². The lowest BCUT2D eigenvalue weighted by atomic mass is 10.3. The fourth-order valence-electron chi connectivity index (χ4n) is 1.70. The number of ether oxygens (including phenoxy) is 1. The van der Waals surface area contributed by atoms with Gasteiger partial charge >= 0.3 is 0 Å². The van der Waals surface area contributed by atoms with Gasteiger partial charge in [0, 0.05) is 11.8 Å². The van der Waals surface area contributed by atoms with E-state index < -0.39 is 0 Å². The average Bonchev–Trinajstić information content (AvgIpc) is 2.85. The predicted octanol–water partition coefficient (Wildman–Crippen LogP) is 3.90. The third-order valence-electron chi connectivity index (χ3n) is 2.62. The monoisotopic (exact) mass is 281 g/mol. The summed E-state index contributed by atoms with van der Waals surface area (Å²) in [5, 5.41) is 3.11. The van der Waals surface area contributed by atoms with Gasteiger partial charge in [0.15, 0.2) is 11.6 Å². The molecular weight excluding hydrogens is 265 g/mol. The molecule has 5 heteroatoms. The van der Waals surface area contributed by atoms with Gasteiger partial charge in [-0.3, -0.25) is 0 Å². The van der Waals surface area contributed by atoms with E-state index in [9.17, 15) is 4.39 Å². The Labute approximate surface area is 116 Å². The van der Waals surface area contributed by atoms with Crippen LogP contribution in [0.1, 0.15) is 11.5 Å². The average molecular weight is 281 g/mol. The number of furan rings is 1. The first-order chi connectivity index (χ1) is 9.22. The van der Waals surface area contributed by atoms with E-state index in [4.69, 9.17) is 9.15 Å². The van der Waals surface area contributed by atoms with E-state index in [-0.39, 0.29) is 11.6 Å². The van der Waals surface area contributed by atoms with Crippen LogP contribution in [0.15, 0.2) is 34.7 Å². The molecule has 0 atom stereocenters. The highest BCUT2D eigenvalue weighted by molar-refractivity contribution is 7.97. The Bertz CT molecular complexity index is 542. The molecule has 0 aliphatic rings. The smallest absolute Gasteiger partial charge is 0.167 e. The van der Waals surface area contributed by atoms with E-state index in [0.29, 0.717) is 12.2 Å². The van der Waals surface area contributed by atoms with Gasteiger partial charge in [-0.1, -0.05) is 0 Å². The molecule has 2 rings (SSSR count). The summed E-state index contributed by atoms with van der Waals surface area (Å²) < 4.78 is 24.0. The molecule has 1 aromatic heterocycles. The minimum atomic E-state index is -0.380. The van der Waals surface area contributed by atoms with Crippen LogP contribution in [0, 0.1) is 5.82 Å².